The highest BCUT2D eigenvalue weighted by Crippen LogP contribution is 2.29. The lowest BCUT2D eigenvalue weighted by molar-refractivity contribution is -0.130. The van der Waals surface area contributed by atoms with Crippen LogP contribution in [0.2, 0.25) is 0 Å². The number of nitrogens with zero attached hydrogens (tertiary/aromatic N) is 2. The number of carbonyl (C=O) groups excluding carboxylic acids is 2. The van der Waals surface area contributed by atoms with E-state index in [-0.39, 0.29) is 23.8 Å². The molecule has 1 heterocycles. The standard InChI is InChI=1S/C25H34N4O2/c1-2-3-18-29(28-24(30)22-14-16-26-17-15-22)23(21-12-8-5-9-13-21)25(31)27-19-20-10-6-4-7-11-20/h4,6-7,10-11,14-17,21,23H,2-3,5,8-9,12-13,18-19H2,1H3,(H,27,31)(H,28,30)/t23-/m0/s1. The summed E-state index contributed by atoms with van der Waals surface area (Å²) in [5, 5.41) is 5.02. The number of hydrogen-bond acceptors (Lipinski definition) is 4. The second kappa shape index (κ2) is 12.2. The first-order valence-corrected chi connectivity index (χ1v) is 11.5. The van der Waals surface area contributed by atoms with Gasteiger partial charge in [-0.3, -0.25) is 20.0 Å². The van der Waals surface area contributed by atoms with Crippen LogP contribution < -0.4 is 10.7 Å². The van der Waals surface area contributed by atoms with Crippen molar-refractivity contribution in [2.45, 2.75) is 64.5 Å². The third kappa shape index (κ3) is 6.89. The second-order valence-corrected chi connectivity index (χ2v) is 8.27. The second-order valence-electron chi connectivity index (χ2n) is 8.27. The van der Waals surface area contributed by atoms with Crippen LogP contribution in [0, 0.1) is 5.92 Å². The van der Waals surface area contributed by atoms with Crippen LogP contribution in [0.25, 0.3) is 0 Å². The normalized spacial score (nSPS) is 15.4. The molecule has 1 aliphatic rings. The average Bonchev–Trinajstić information content (AvgIpc) is 2.83. The highest BCUT2D eigenvalue weighted by molar-refractivity contribution is 5.94. The molecule has 1 aromatic carbocycles. The molecule has 0 radical (unpaired) electrons. The van der Waals surface area contributed by atoms with Gasteiger partial charge in [0.25, 0.3) is 5.91 Å². The number of hydrogen-bond donors (Lipinski definition) is 2. The predicted octanol–water partition coefficient (Wildman–Crippen LogP) is 4.09. The van der Waals surface area contributed by atoms with E-state index in [4.69, 9.17) is 0 Å². The number of unbranched alkanes of at least 4 members (excludes halogenated alkanes) is 1. The summed E-state index contributed by atoms with van der Waals surface area (Å²) in [6.45, 7) is 3.25. The predicted molar refractivity (Wildman–Crippen MR) is 122 cm³/mol. The Kier molecular flexibility index (Phi) is 9.03. The van der Waals surface area contributed by atoms with Gasteiger partial charge in [0.05, 0.1) is 0 Å². The van der Waals surface area contributed by atoms with Gasteiger partial charge in [-0.15, -0.1) is 0 Å². The molecule has 0 bridgehead atoms. The zero-order chi connectivity index (χ0) is 21.9. The number of amides is 2. The van der Waals surface area contributed by atoms with E-state index in [1.807, 2.05) is 35.3 Å². The summed E-state index contributed by atoms with van der Waals surface area (Å²) in [6, 6.07) is 13.0. The van der Waals surface area contributed by atoms with Crippen LogP contribution in [0.4, 0.5) is 0 Å². The van der Waals surface area contributed by atoms with E-state index < -0.39 is 0 Å². The van der Waals surface area contributed by atoms with Crippen molar-refractivity contribution in [2.24, 2.45) is 5.92 Å². The van der Waals surface area contributed by atoms with E-state index in [2.05, 4.69) is 22.7 Å². The maximum Gasteiger partial charge on any atom is 0.265 e. The Balaban J connectivity index is 1.78. The number of carbonyl (C=O) groups is 2. The van der Waals surface area contributed by atoms with Crippen molar-refractivity contribution in [1.29, 1.82) is 0 Å². The van der Waals surface area contributed by atoms with Crippen molar-refractivity contribution < 1.29 is 9.59 Å². The van der Waals surface area contributed by atoms with Crippen LogP contribution in [0.5, 0.6) is 0 Å². The Morgan fingerprint density at radius 2 is 1.77 bits per heavy atom. The highest BCUT2D eigenvalue weighted by atomic mass is 16.2. The summed E-state index contributed by atoms with van der Waals surface area (Å²) >= 11 is 0. The van der Waals surface area contributed by atoms with E-state index >= 15 is 0 Å². The smallest absolute Gasteiger partial charge is 0.265 e. The lowest BCUT2D eigenvalue weighted by Crippen LogP contribution is -2.58. The first-order chi connectivity index (χ1) is 15.2. The lowest BCUT2D eigenvalue weighted by atomic mass is 9.83. The van der Waals surface area contributed by atoms with Gasteiger partial charge in [0, 0.05) is 31.0 Å². The molecule has 1 aromatic heterocycles. The number of aromatic nitrogens is 1. The Bertz CT molecular complexity index is 807. The molecule has 2 amide bonds. The van der Waals surface area contributed by atoms with Crippen molar-refractivity contribution in [3.63, 3.8) is 0 Å². The SMILES string of the molecule is CCCCN(NC(=O)c1ccncc1)[C@H](C(=O)NCc1ccccc1)C1CCCCC1. The van der Waals surface area contributed by atoms with Crippen LogP contribution in [0.3, 0.4) is 0 Å². The third-order valence-electron chi connectivity index (χ3n) is 5.95. The molecule has 2 N–H and O–H groups in total. The third-order valence-corrected chi connectivity index (χ3v) is 5.95. The molecule has 6 heteroatoms. The van der Waals surface area contributed by atoms with E-state index in [1.165, 1.54) is 6.42 Å². The minimum atomic E-state index is -0.374. The molecule has 0 unspecified atom stereocenters. The number of rotatable bonds is 10. The van der Waals surface area contributed by atoms with Gasteiger partial charge in [0.15, 0.2) is 0 Å². The molecule has 1 saturated carbocycles. The van der Waals surface area contributed by atoms with E-state index in [0.29, 0.717) is 18.7 Å². The van der Waals surface area contributed by atoms with Gasteiger partial charge in [-0.25, -0.2) is 5.01 Å². The van der Waals surface area contributed by atoms with Gasteiger partial charge in [-0.2, -0.15) is 0 Å². The van der Waals surface area contributed by atoms with E-state index in [1.54, 1.807) is 24.5 Å². The maximum absolute atomic E-state index is 13.4. The first kappa shape index (κ1) is 22.9. The summed E-state index contributed by atoms with van der Waals surface area (Å²) in [5.74, 6) is 0.0242. The Morgan fingerprint density at radius 3 is 2.45 bits per heavy atom. The molecular formula is C25H34N4O2. The van der Waals surface area contributed by atoms with Crippen LogP contribution in [-0.4, -0.2) is 34.4 Å². The van der Waals surface area contributed by atoms with Crippen molar-refractivity contribution in [3.05, 3.63) is 66.0 Å². The van der Waals surface area contributed by atoms with Gasteiger partial charge in [-0.1, -0.05) is 62.9 Å². The van der Waals surface area contributed by atoms with Gasteiger partial charge in [0.1, 0.15) is 6.04 Å². The molecule has 1 aliphatic carbocycles. The molecule has 166 valence electrons. The van der Waals surface area contributed by atoms with Crippen LogP contribution >= 0.6 is 0 Å². The van der Waals surface area contributed by atoms with Crippen molar-refractivity contribution in [2.75, 3.05) is 6.54 Å². The van der Waals surface area contributed by atoms with Crippen molar-refractivity contribution >= 4 is 11.8 Å². The average molecular weight is 423 g/mol. The summed E-state index contributed by atoms with van der Waals surface area (Å²) in [5.41, 5.74) is 4.66. The maximum atomic E-state index is 13.4. The zero-order valence-corrected chi connectivity index (χ0v) is 18.4. The number of hydrazine groups is 1. The molecule has 6 nitrogen and oxygen atoms in total. The minimum Gasteiger partial charge on any atom is -0.351 e. The topological polar surface area (TPSA) is 74.3 Å². The Morgan fingerprint density at radius 1 is 1.06 bits per heavy atom. The Hall–Kier alpha value is -2.73. The molecule has 0 spiro atoms. The summed E-state index contributed by atoms with van der Waals surface area (Å²) in [4.78, 5) is 30.3. The lowest BCUT2D eigenvalue weighted by Gasteiger charge is -2.37. The van der Waals surface area contributed by atoms with Gasteiger partial charge >= 0.3 is 0 Å². The number of pyridine rings is 1. The van der Waals surface area contributed by atoms with Gasteiger partial charge in [0.2, 0.25) is 5.91 Å². The molecular weight excluding hydrogens is 388 g/mol. The monoisotopic (exact) mass is 422 g/mol. The van der Waals surface area contributed by atoms with E-state index in [0.717, 1.165) is 44.1 Å². The largest absolute Gasteiger partial charge is 0.351 e. The van der Waals surface area contributed by atoms with Crippen LogP contribution in [-0.2, 0) is 11.3 Å². The molecule has 2 aromatic rings. The molecule has 0 aliphatic heterocycles. The van der Waals surface area contributed by atoms with Crippen molar-refractivity contribution in [1.82, 2.24) is 20.7 Å². The quantitative estimate of drug-likeness (QED) is 0.566. The minimum absolute atomic E-state index is 0.0121. The van der Waals surface area contributed by atoms with Crippen LogP contribution in [0.1, 0.15) is 67.8 Å². The van der Waals surface area contributed by atoms with Gasteiger partial charge < -0.3 is 5.32 Å². The molecule has 1 atom stereocenters. The number of nitrogens with one attached hydrogen (secondary N) is 2. The van der Waals surface area contributed by atoms with Crippen molar-refractivity contribution in [3.8, 4) is 0 Å². The first-order valence-electron chi connectivity index (χ1n) is 11.5. The summed E-state index contributed by atoms with van der Waals surface area (Å²) in [6.07, 6.45) is 10.6. The summed E-state index contributed by atoms with van der Waals surface area (Å²) in [7, 11) is 0. The van der Waals surface area contributed by atoms with Gasteiger partial charge in [-0.05, 0) is 42.9 Å². The molecule has 1 fully saturated rings. The fraction of sp³-hybridized carbons (Fsp3) is 0.480. The number of benzene rings is 1. The summed E-state index contributed by atoms with van der Waals surface area (Å²) < 4.78 is 0. The fourth-order valence-electron chi connectivity index (χ4n) is 4.24. The van der Waals surface area contributed by atoms with Crippen LogP contribution in [0.15, 0.2) is 54.9 Å². The Labute approximate surface area is 185 Å². The fourth-order valence-corrected chi connectivity index (χ4v) is 4.24. The van der Waals surface area contributed by atoms with E-state index in [9.17, 15) is 9.59 Å². The molecule has 0 saturated heterocycles. The molecule has 3 rings (SSSR count). The molecule has 31 heavy (non-hydrogen) atoms. The highest BCUT2D eigenvalue weighted by Gasteiger charge is 2.35. The zero-order valence-electron chi connectivity index (χ0n) is 18.4.